The molecule has 7 heteroatoms. The van der Waals surface area contributed by atoms with Gasteiger partial charge in [-0.1, -0.05) is 47.7 Å². The van der Waals surface area contributed by atoms with E-state index in [2.05, 4.69) is 10.3 Å². The van der Waals surface area contributed by atoms with Crippen LogP contribution in [0.4, 0.5) is 9.93 Å². The van der Waals surface area contributed by atoms with Gasteiger partial charge in [-0.2, -0.15) is 0 Å². The summed E-state index contributed by atoms with van der Waals surface area (Å²) in [5.74, 6) is 0.0192. The molecule has 0 radical (unpaired) electrons. The highest BCUT2D eigenvalue weighted by atomic mass is 32.1. The third kappa shape index (κ3) is 3.50. The number of nitrogens with zero attached hydrogens (tertiary/aromatic N) is 2. The standard InChI is InChI=1S/C20H19N3O3S/c1-2-26-20(25)22-19-21-16-10-11-23(12-17(16)27-19)18(24)15-9-5-7-13-6-3-4-8-14(13)15/h3-9H,2,10-12H2,1H3,(H,21,22,25). The largest absolute Gasteiger partial charge is 0.450 e. The van der Waals surface area contributed by atoms with Crippen LogP contribution in [0.2, 0.25) is 0 Å². The van der Waals surface area contributed by atoms with E-state index in [0.717, 1.165) is 21.3 Å². The van der Waals surface area contributed by atoms with E-state index in [-0.39, 0.29) is 5.91 Å². The summed E-state index contributed by atoms with van der Waals surface area (Å²) in [7, 11) is 0. The maximum atomic E-state index is 13.1. The van der Waals surface area contributed by atoms with Crippen molar-refractivity contribution in [2.45, 2.75) is 19.9 Å². The van der Waals surface area contributed by atoms with Crippen molar-refractivity contribution in [2.75, 3.05) is 18.5 Å². The first kappa shape index (κ1) is 17.5. The third-order valence-electron chi connectivity index (χ3n) is 4.52. The van der Waals surface area contributed by atoms with Crippen molar-refractivity contribution in [1.29, 1.82) is 0 Å². The summed E-state index contributed by atoms with van der Waals surface area (Å²) >= 11 is 1.39. The Labute approximate surface area is 160 Å². The van der Waals surface area contributed by atoms with Gasteiger partial charge in [0.1, 0.15) is 0 Å². The second-order valence-corrected chi connectivity index (χ2v) is 7.32. The van der Waals surface area contributed by atoms with Gasteiger partial charge in [-0.05, 0) is 23.8 Å². The minimum absolute atomic E-state index is 0.0192. The van der Waals surface area contributed by atoms with E-state index in [1.165, 1.54) is 11.3 Å². The zero-order valence-electron chi connectivity index (χ0n) is 14.9. The first-order chi connectivity index (χ1) is 13.2. The van der Waals surface area contributed by atoms with Gasteiger partial charge in [0.2, 0.25) is 0 Å². The van der Waals surface area contributed by atoms with Gasteiger partial charge in [-0.3, -0.25) is 10.1 Å². The summed E-state index contributed by atoms with van der Waals surface area (Å²) in [5, 5.41) is 5.17. The van der Waals surface area contributed by atoms with Crippen LogP contribution in [0.15, 0.2) is 42.5 Å². The number of fused-ring (bicyclic) bond motifs is 2. The van der Waals surface area contributed by atoms with Crippen molar-refractivity contribution < 1.29 is 14.3 Å². The van der Waals surface area contributed by atoms with Crippen molar-refractivity contribution in [1.82, 2.24) is 9.88 Å². The summed E-state index contributed by atoms with van der Waals surface area (Å²) in [6, 6.07) is 13.7. The molecule has 0 fully saturated rings. The second kappa shape index (κ2) is 7.36. The normalized spacial score (nSPS) is 13.3. The Morgan fingerprint density at radius 3 is 2.89 bits per heavy atom. The highest BCUT2D eigenvalue weighted by molar-refractivity contribution is 7.15. The van der Waals surface area contributed by atoms with Gasteiger partial charge >= 0.3 is 6.09 Å². The van der Waals surface area contributed by atoms with Crippen molar-refractivity contribution in [3.63, 3.8) is 0 Å². The number of benzene rings is 2. The van der Waals surface area contributed by atoms with Gasteiger partial charge in [-0.15, -0.1) is 0 Å². The van der Waals surface area contributed by atoms with E-state index < -0.39 is 6.09 Å². The fourth-order valence-corrected chi connectivity index (χ4v) is 4.27. The molecule has 1 N–H and O–H groups in total. The van der Waals surface area contributed by atoms with Crippen LogP contribution in [0.25, 0.3) is 10.8 Å². The lowest BCUT2D eigenvalue weighted by Crippen LogP contribution is -2.35. The van der Waals surface area contributed by atoms with E-state index in [0.29, 0.717) is 36.8 Å². The Kier molecular flexibility index (Phi) is 4.77. The molecular formula is C20H19N3O3S. The second-order valence-electron chi connectivity index (χ2n) is 6.24. The average Bonchev–Trinajstić information content (AvgIpc) is 3.08. The molecule has 0 aliphatic carbocycles. The lowest BCUT2D eigenvalue weighted by molar-refractivity contribution is 0.0738. The van der Waals surface area contributed by atoms with Crippen LogP contribution in [0.1, 0.15) is 27.9 Å². The fourth-order valence-electron chi connectivity index (χ4n) is 3.26. The van der Waals surface area contributed by atoms with Crippen LogP contribution in [-0.4, -0.2) is 35.0 Å². The molecule has 138 valence electrons. The number of carbonyl (C=O) groups excluding carboxylic acids is 2. The lowest BCUT2D eigenvalue weighted by Gasteiger charge is -2.26. The Balaban J connectivity index is 1.54. The number of hydrogen-bond donors (Lipinski definition) is 1. The molecule has 0 atom stereocenters. The summed E-state index contributed by atoms with van der Waals surface area (Å²) in [5.41, 5.74) is 1.65. The Bertz CT molecular complexity index is 1010. The van der Waals surface area contributed by atoms with Gasteiger partial charge in [0.05, 0.1) is 18.8 Å². The number of ether oxygens (including phenoxy) is 1. The summed E-state index contributed by atoms with van der Waals surface area (Å²) in [6.45, 7) is 3.17. The average molecular weight is 381 g/mol. The highest BCUT2D eigenvalue weighted by Crippen LogP contribution is 2.30. The summed E-state index contributed by atoms with van der Waals surface area (Å²) in [4.78, 5) is 32.0. The van der Waals surface area contributed by atoms with Crippen molar-refractivity contribution >= 4 is 39.2 Å². The van der Waals surface area contributed by atoms with Crippen LogP contribution in [0, 0.1) is 0 Å². The number of anilines is 1. The number of hydrogen-bond acceptors (Lipinski definition) is 5. The van der Waals surface area contributed by atoms with Crippen LogP contribution >= 0.6 is 11.3 Å². The van der Waals surface area contributed by atoms with Crippen LogP contribution in [0.3, 0.4) is 0 Å². The summed E-state index contributed by atoms with van der Waals surface area (Å²) in [6.07, 6.45) is 0.166. The molecule has 2 heterocycles. The van der Waals surface area contributed by atoms with Gasteiger partial charge < -0.3 is 9.64 Å². The van der Waals surface area contributed by atoms with E-state index in [9.17, 15) is 9.59 Å². The molecule has 2 aromatic carbocycles. The van der Waals surface area contributed by atoms with Crippen molar-refractivity contribution in [3.05, 3.63) is 58.6 Å². The molecule has 0 saturated heterocycles. The number of thiazole rings is 1. The first-order valence-corrected chi connectivity index (χ1v) is 9.66. The molecular weight excluding hydrogens is 362 g/mol. The minimum Gasteiger partial charge on any atom is -0.450 e. The van der Waals surface area contributed by atoms with Crippen molar-refractivity contribution in [3.8, 4) is 0 Å². The van der Waals surface area contributed by atoms with Crippen molar-refractivity contribution in [2.24, 2.45) is 0 Å². The number of rotatable bonds is 3. The molecule has 1 aliphatic heterocycles. The van der Waals surface area contributed by atoms with E-state index >= 15 is 0 Å². The van der Waals surface area contributed by atoms with Crippen LogP contribution in [-0.2, 0) is 17.7 Å². The van der Waals surface area contributed by atoms with Gasteiger partial charge in [0.15, 0.2) is 5.13 Å². The number of amides is 2. The number of aromatic nitrogens is 1. The molecule has 0 saturated carbocycles. The monoisotopic (exact) mass is 381 g/mol. The predicted octanol–water partition coefficient (Wildman–Crippen LogP) is 4.06. The molecule has 0 bridgehead atoms. The maximum absolute atomic E-state index is 13.1. The molecule has 1 aromatic heterocycles. The lowest BCUT2D eigenvalue weighted by atomic mass is 10.0. The Hall–Kier alpha value is -2.93. The number of carbonyl (C=O) groups is 2. The molecule has 2 amide bonds. The van der Waals surface area contributed by atoms with Crippen LogP contribution < -0.4 is 5.32 Å². The summed E-state index contributed by atoms with van der Waals surface area (Å²) < 4.78 is 4.89. The smallest absolute Gasteiger partial charge is 0.413 e. The molecule has 0 spiro atoms. The van der Waals surface area contributed by atoms with Gasteiger partial charge in [-0.25, -0.2) is 9.78 Å². The topological polar surface area (TPSA) is 71.5 Å². The van der Waals surface area contributed by atoms with E-state index in [1.54, 1.807) is 6.92 Å². The molecule has 4 rings (SSSR count). The number of nitrogens with one attached hydrogen (secondary N) is 1. The third-order valence-corrected chi connectivity index (χ3v) is 5.52. The first-order valence-electron chi connectivity index (χ1n) is 8.85. The zero-order valence-corrected chi connectivity index (χ0v) is 15.7. The SMILES string of the molecule is CCOC(=O)Nc1nc2c(s1)CN(C(=O)c1cccc3ccccc13)CC2. The predicted molar refractivity (Wildman–Crippen MR) is 105 cm³/mol. The highest BCUT2D eigenvalue weighted by Gasteiger charge is 2.26. The van der Waals surface area contributed by atoms with Crippen LogP contribution in [0.5, 0.6) is 0 Å². The zero-order chi connectivity index (χ0) is 18.8. The molecule has 0 unspecified atom stereocenters. The fraction of sp³-hybridized carbons (Fsp3) is 0.250. The molecule has 3 aromatic rings. The molecule has 1 aliphatic rings. The Morgan fingerprint density at radius 1 is 1.22 bits per heavy atom. The molecule has 27 heavy (non-hydrogen) atoms. The quantitative estimate of drug-likeness (QED) is 0.743. The van der Waals surface area contributed by atoms with E-state index in [4.69, 9.17) is 4.74 Å². The van der Waals surface area contributed by atoms with Gasteiger partial charge in [0, 0.05) is 23.4 Å². The van der Waals surface area contributed by atoms with E-state index in [1.807, 2.05) is 47.4 Å². The maximum Gasteiger partial charge on any atom is 0.413 e. The Morgan fingerprint density at radius 2 is 2.04 bits per heavy atom. The van der Waals surface area contributed by atoms with Gasteiger partial charge in [0.25, 0.3) is 5.91 Å². The minimum atomic E-state index is -0.507. The molecule has 6 nitrogen and oxygen atoms in total.